The summed E-state index contributed by atoms with van der Waals surface area (Å²) < 4.78 is 5.30. The summed E-state index contributed by atoms with van der Waals surface area (Å²) in [5.41, 5.74) is -0.547. The number of likely N-dealkylation sites (tertiary alicyclic amines) is 1. The lowest BCUT2D eigenvalue weighted by atomic mass is 9.70. The maximum atomic E-state index is 11.8. The largest absolute Gasteiger partial charge is 0.444 e. The van der Waals surface area contributed by atoms with Crippen molar-refractivity contribution in [3.8, 4) is 0 Å². The zero-order chi connectivity index (χ0) is 12.7. The lowest BCUT2D eigenvalue weighted by Crippen LogP contribution is -2.68. The van der Waals surface area contributed by atoms with Gasteiger partial charge in [-0.3, -0.25) is 0 Å². The number of piperidine rings is 1. The van der Waals surface area contributed by atoms with Crippen LogP contribution < -0.4 is 5.32 Å². The average Bonchev–Trinajstić information content (AvgIpc) is 2.12. The summed E-state index contributed by atoms with van der Waals surface area (Å²) in [6.45, 7) is 8.36. The van der Waals surface area contributed by atoms with Crippen molar-refractivity contribution in [2.45, 2.75) is 38.9 Å². The smallest absolute Gasteiger partial charge is 0.410 e. The molecule has 2 fully saturated rings. The molecule has 1 atom stereocenters. The van der Waals surface area contributed by atoms with Gasteiger partial charge in [0, 0.05) is 25.0 Å². The quantitative estimate of drug-likeness (QED) is 0.652. The first-order chi connectivity index (χ1) is 7.82. The first-order valence-corrected chi connectivity index (χ1v) is 6.19. The third-order valence-corrected chi connectivity index (χ3v) is 3.51. The summed E-state index contributed by atoms with van der Waals surface area (Å²) in [5.74, 6) is 0. The molecule has 2 N–H and O–H groups in total. The van der Waals surface area contributed by atoms with Gasteiger partial charge in [-0.15, -0.1) is 0 Å². The second kappa shape index (κ2) is 4.14. The molecule has 2 aliphatic heterocycles. The molecule has 1 amide bonds. The van der Waals surface area contributed by atoms with Gasteiger partial charge in [-0.1, -0.05) is 0 Å². The van der Waals surface area contributed by atoms with E-state index in [1.54, 1.807) is 4.90 Å². The van der Waals surface area contributed by atoms with Crippen LogP contribution in [0, 0.1) is 5.41 Å². The standard InChI is InChI=1S/C12H22N2O3/c1-11(2,3)17-10(16)14-7-12(8-14)4-5-13-6-9(12)15/h9,13,15H,4-8H2,1-3H3. The maximum Gasteiger partial charge on any atom is 0.410 e. The molecule has 0 aromatic carbocycles. The number of carbonyl (C=O) groups is 1. The van der Waals surface area contributed by atoms with Crippen molar-refractivity contribution in [1.29, 1.82) is 0 Å². The first kappa shape index (κ1) is 12.6. The lowest BCUT2D eigenvalue weighted by molar-refractivity contribution is -0.107. The van der Waals surface area contributed by atoms with Crippen LogP contribution in [-0.2, 0) is 4.74 Å². The molecule has 1 spiro atoms. The predicted octanol–water partition coefficient (Wildman–Crippen LogP) is 0.578. The molecule has 0 aliphatic carbocycles. The molecule has 2 rings (SSSR count). The molecule has 0 aromatic rings. The van der Waals surface area contributed by atoms with E-state index in [9.17, 15) is 9.90 Å². The van der Waals surface area contributed by atoms with Crippen LogP contribution >= 0.6 is 0 Å². The fraction of sp³-hybridized carbons (Fsp3) is 0.917. The number of nitrogens with one attached hydrogen (secondary N) is 1. The van der Waals surface area contributed by atoms with E-state index in [1.807, 2.05) is 20.8 Å². The Morgan fingerprint density at radius 2 is 2.12 bits per heavy atom. The summed E-state index contributed by atoms with van der Waals surface area (Å²) in [6, 6.07) is 0. The number of ether oxygens (including phenoxy) is 1. The minimum atomic E-state index is -0.452. The number of β-amino-alcohol motifs (C(OH)–C–C–N with tert-alkyl or cyclic N) is 1. The van der Waals surface area contributed by atoms with Crippen molar-refractivity contribution in [2.75, 3.05) is 26.2 Å². The third-order valence-electron chi connectivity index (χ3n) is 3.51. The second-order valence-electron chi connectivity index (χ2n) is 6.17. The molecule has 2 saturated heterocycles. The monoisotopic (exact) mass is 242 g/mol. The summed E-state index contributed by atoms with van der Waals surface area (Å²) in [6.07, 6.45) is 0.303. The van der Waals surface area contributed by atoms with Gasteiger partial charge in [-0.25, -0.2) is 4.79 Å². The number of aliphatic hydroxyl groups is 1. The van der Waals surface area contributed by atoms with E-state index in [0.29, 0.717) is 19.6 Å². The van der Waals surface area contributed by atoms with Crippen molar-refractivity contribution in [2.24, 2.45) is 5.41 Å². The van der Waals surface area contributed by atoms with Crippen LogP contribution in [0.4, 0.5) is 4.79 Å². The highest BCUT2D eigenvalue weighted by atomic mass is 16.6. The van der Waals surface area contributed by atoms with E-state index in [4.69, 9.17) is 4.74 Å². The number of hydrogen-bond acceptors (Lipinski definition) is 4. The minimum absolute atomic E-state index is 0.0951. The van der Waals surface area contributed by atoms with Crippen molar-refractivity contribution in [3.63, 3.8) is 0 Å². The summed E-state index contributed by atoms with van der Waals surface area (Å²) in [7, 11) is 0. The Bertz CT molecular complexity index is 305. The predicted molar refractivity (Wildman–Crippen MR) is 63.7 cm³/mol. The van der Waals surface area contributed by atoms with Gasteiger partial charge >= 0.3 is 6.09 Å². The number of carbonyl (C=O) groups excluding carboxylic acids is 1. The van der Waals surface area contributed by atoms with Crippen molar-refractivity contribution < 1.29 is 14.6 Å². The van der Waals surface area contributed by atoms with Gasteiger partial charge in [0.2, 0.25) is 0 Å². The highest BCUT2D eigenvalue weighted by Gasteiger charge is 2.51. The van der Waals surface area contributed by atoms with E-state index in [-0.39, 0.29) is 17.6 Å². The molecule has 98 valence electrons. The number of aliphatic hydroxyl groups excluding tert-OH is 1. The summed E-state index contributed by atoms with van der Waals surface area (Å²) in [5, 5.41) is 13.1. The van der Waals surface area contributed by atoms with Crippen LogP contribution in [0.15, 0.2) is 0 Å². The van der Waals surface area contributed by atoms with Crippen molar-refractivity contribution in [1.82, 2.24) is 10.2 Å². The van der Waals surface area contributed by atoms with Gasteiger partial charge in [0.15, 0.2) is 0 Å². The molecule has 5 heteroatoms. The SMILES string of the molecule is CC(C)(C)OC(=O)N1CC2(CCNCC2O)C1. The summed E-state index contributed by atoms with van der Waals surface area (Å²) >= 11 is 0. The molecular weight excluding hydrogens is 220 g/mol. The fourth-order valence-corrected chi connectivity index (χ4v) is 2.50. The normalized spacial score (nSPS) is 27.8. The Morgan fingerprint density at radius 3 is 2.65 bits per heavy atom. The van der Waals surface area contributed by atoms with E-state index < -0.39 is 5.60 Å². The van der Waals surface area contributed by atoms with E-state index in [1.165, 1.54) is 0 Å². The molecule has 17 heavy (non-hydrogen) atoms. The number of nitrogens with zero attached hydrogens (tertiary/aromatic N) is 1. The third kappa shape index (κ3) is 2.55. The zero-order valence-corrected chi connectivity index (χ0v) is 10.8. The van der Waals surface area contributed by atoms with Crippen LogP contribution in [0.25, 0.3) is 0 Å². The van der Waals surface area contributed by atoms with Crippen LogP contribution in [0.5, 0.6) is 0 Å². The molecular formula is C12H22N2O3. The van der Waals surface area contributed by atoms with Gasteiger partial charge in [-0.2, -0.15) is 0 Å². The van der Waals surface area contributed by atoms with Gasteiger partial charge in [-0.05, 0) is 33.7 Å². The average molecular weight is 242 g/mol. The highest BCUT2D eigenvalue weighted by Crippen LogP contribution is 2.39. The van der Waals surface area contributed by atoms with Gasteiger partial charge in [0.05, 0.1) is 6.10 Å². The van der Waals surface area contributed by atoms with Crippen LogP contribution in [-0.4, -0.2) is 54.0 Å². The molecule has 2 heterocycles. The number of rotatable bonds is 0. The van der Waals surface area contributed by atoms with E-state index in [0.717, 1.165) is 13.0 Å². The van der Waals surface area contributed by atoms with Gasteiger partial charge < -0.3 is 20.1 Å². The lowest BCUT2D eigenvalue weighted by Gasteiger charge is -2.54. The minimum Gasteiger partial charge on any atom is -0.444 e. The van der Waals surface area contributed by atoms with Crippen LogP contribution in [0.1, 0.15) is 27.2 Å². The molecule has 0 bridgehead atoms. The van der Waals surface area contributed by atoms with Gasteiger partial charge in [0.25, 0.3) is 0 Å². The maximum absolute atomic E-state index is 11.8. The molecule has 0 saturated carbocycles. The molecule has 1 unspecified atom stereocenters. The Balaban J connectivity index is 1.87. The van der Waals surface area contributed by atoms with Crippen molar-refractivity contribution in [3.05, 3.63) is 0 Å². The molecule has 2 aliphatic rings. The molecule has 0 radical (unpaired) electrons. The fourth-order valence-electron chi connectivity index (χ4n) is 2.50. The zero-order valence-electron chi connectivity index (χ0n) is 10.8. The Kier molecular flexibility index (Phi) is 3.08. The summed E-state index contributed by atoms with van der Waals surface area (Å²) in [4.78, 5) is 13.5. The molecule has 5 nitrogen and oxygen atoms in total. The van der Waals surface area contributed by atoms with Crippen LogP contribution in [0.2, 0.25) is 0 Å². The van der Waals surface area contributed by atoms with Crippen molar-refractivity contribution >= 4 is 6.09 Å². The first-order valence-electron chi connectivity index (χ1n) is 6.19. The van der Waals surface area contributed by atoms with E-state index in [2.05, 4.69) is 5.32 Å². The van der Waals surface area contributed by atoms with Crippen LogP contribution in [0.3, 0.4) is 0 Å². The highest BCUT2D eigenvalue weighted by molar-refractivity contribution is 5.69. The Labute approximate surface area is 102 Å². The number of hydrogen-bond donors (Lipinski definition) is 2. The topological polar surface area (TPSA) is 61.8 Å². The molecule has 0 aromatic heterocycles. The second-order valence-corrected chi connectivity index (χ2v) is 6.17. The van der Waals surface area contributed by atoms with Gasteiger partial charge in [0.1, 0.15) is 5.60 Å². The Hall–Kier alpha value is -0.810. The number of amides is 1. The Morgan fingerprint density at radius 1 is 1.47 bits per heavy atom. The van der Waals surface area contributed by atoms with E-state index >= 15 is 0 Å².